The van der Waals surface area contributed by atoms with Crippen LogP contribution in [0.15, 0.2) is 29.2 Å². The first-order chi connectivity index (χ1) is 10.5. The number of carbonyl (C=O) groups excluding carboxylic acids is 1. The Hall–Kier alpha value is -2.05. The Balaban J connectivity index is 1.99. The number of benzene rings is 1. The zero-order valence-electron chi connectivity index (χ0n) is 11.7. The van der Waals surface area contributed by atoms with Crippen LogP contribution in [-0.2, 0) is 11.2 Å². The smallest absolute Gasteiger partial charge is 0.345 e. The highest BCUT2D eigenvalue weighted by atomic mass is 35.5. The molecule has 1 aromatic heterocycles. The number of anilines is 1. The van der Waals surface area contributed by atoms with E-state index in [0.29, 0.717) is 23.0 Å². The van der Waals surface area contributed by atoms with Crippen molar-refractivity contribution in [2.75, 3.05) is 19.0 Å². The van der Waals surface area contributed by atoms with Crippen molar-refractivity contribution in [3.8, 4) is 0 Å². The van der Waals surface area contributed by atoms with Gasteiger partial charge in [0.2, 0.25) is 5.95 Å². The lowest BCUT2D eigenvalue weighted by Gasteiger charge is -2.07. The summed E-state index contributed by atoms with van der Waals surface area (Å²) in [6.45, 7) is 0.502. The monoisotopic (exact) mass is 341 g/mol. The topological polar surface area (TPSA) is 84.1 Å². The minimum absolute atomic E-state index is 0.145. The van der Waals surface area contributed by atoms with Gasteiger partial charge < -0.3 is 10.1 Å². The van der Waals surface area contributed by atoms with Crippen LogP contribution in [0.25, 0.3) is 0 Å². The molecule has 0 atom stereocenters. The maximum atomic E-state index is 11.7. The number of rotatable bonds is 5. The second kappa shape index (κ2) is 7.29. The van der Waals surface area contributed by atoms with Gasteiger partial charge in [0.1, 0.15) is 5.56 Å². The fraction of sp³-hybridized carbons (Fsp3) is 0.214. The molecule has 22 heavy (non-hydrogen) atoms. The number of nitrogens with zero attached hydrogens (tertiary/aromatic N) is 1. The molecule has 0 amide bonds. The van der Waals surface area contributed by atoms with Crippen LogP contribution in [0.5, 0.6) is 0 Å². The van der Waals surface area contributed by atoms with Crippen molar-refractivity contribution in [1.82, 2.24) is 9.97 Å². The summed E-state index contributed by atoms with van der Waals surface area (Å²) in [5, 5.41) is 4.11. The Kier molecular flexibility index (Phi) is 5.41. The van der Waals surface area contributed by atoms with Gasteiger partial charge in [-0.15, -0.1) is 0 Å². The van der Waals surface area contributed by atoms with Crippen LogP contribution >= 0.6 is 23.2 Å². The average Bonchev–Trinajstić information content (AvgIpc) is 2.49. The van der Waals surface area contributed by atoms with E-state index >= 15 is 0 Å². The summed E-state index contributed by atoms with van der Waals surface area (Å²) in [7, 11) is 1.20. The maximum Gasteiger partial charge on any atom is 0.345 e. The van der Waals surface area contributed by atoms with Crippen molar-refractivity contribution in [2.24, 2.45) is 0 Å². The van der Waals surface area contributed by atoms with Gasteiger partial charge in [0.25, 0.3) is 5.56 Å². The molecule has 0 aliphatic rings. The second-order valence-electron chi connectivity index (χ2n) is 4.38. The molecule has 0 aliphatic carbocycles. The lowest BCUT2D eigenvalue weighted by atomic mass is 10.1. The van der Waals surface area contributed by atoms with Gasteiger partial charge in [0, 0.05) is 16.6 Å². The van der Waals surface area contributed by atoms with Crippen molar-refractivity contribution >= 4 is 35.1 Å². The quantitative estimate of drug-likeness (QED) is 0.816. The number of methoxy groups -OCH3 is 1. The van der Waals surface area contributed by atoms with Crippen molar-refractivity contribution in [1.29, 1.82) is 0 Å². The summed E-state index contributed by atoms with van der Waals surface area (Å²) in [5.74, 6) is -0.462. The number of aromatic nitrogens is 2. The fourth-order valence-corrected chi connectivity index (χ4v) is 2.28. The van der Waals surface area contributed by atoms with Crippen molar-refractivity contribution in [3.63, 3.8) is 0 Å². The molecule has 1 aromatic carbocycles. The molecule has 0 saturated heterocycles. The summed E-state index contributed by atoms with van der Waals surface area (Å²) in [6.07, 6.45) is 1.79. The second-order valence-corrected chi connectivity index (χ2v) is 5.22. The molecular weight excluding hydrogens is 329 g/mol. The summed E-state index contributed by atoms with van der Waals surface area (Å²) >= 11 is 11.9. The van der Waals surface area contributed by atoms with E-state index in [0.717, 1.165) is 5.56 Å². The SMILES string of the molecule is COC(=O)c1cnc(NCCc2ccc(Cl)cc2Cl)[nH]c1=O. The molecule has 0 fully saturated rings. The minimum Gasteiger partial charge on any atom is -0.465 e. The van der Waals surface area contributed by atoms with Crippen molar-refractivity contribution in [2.45, 2.75) is 6.42 Å². The highest BCUT2D eigenvalue weighted by molar-refractivity contribution is 6.35. The molecule has 116 valence electrons. The number of H-pyrrole nitrogens is 1. The van der Waals surface area contributed by atoms with Gasteiger partial charge in [-0.3, -0.25) is 9.78 Å². The number of esters is 1. The molecule has 8 heteroatoms. The molecular formula is C14H13Cl2N3O3. The van der Waals surface area contributed by atoms with Crippen molar-refractivity contribution < 1.29 is 9.53 Å². The molecule has 6 nitrogen and oxygen atoms in total. The molecule has 0 saturated carbocycles. The predicted molar refractivity (Wildman–Crippen MR) is 84.9 cm³/mol. The van der Waals surface area contributed by atoms with E-state index < -0.39 is 11.5 Å². The highest BCUT2D eigenvalue weighted by Crippen LogP contribution is 2.21. The van der Waals surface area contributed by atoms with Crippen LogP contribution in [0.4, 0.5) is 5.95 Å². The first-order valence-electron chi connectivity index (χ1n) is 6.36. The highest BCUT2D eigenvalue weighted by Gasteiger charge is 2.11. The maximum absolute atomic E-state index is 11.7. The number of hydrogen-bond acceptors (Lipinski definition) is 5. The van der Waals surface area contributed by atoms with Gasteiger partial charge in [-0.05, 0) is 24.1 Å². The molecule has 2 N–H and O–H groups in total. The number of hydrogen-bond donors (Lipinski definition) is 2. The van der Waals surface area contributed by atoms with E-state index in [-0.39, 0.29) is 11.5 Å². The minimum atomic E-state index is -0.728. The van der Waals surface area contributed by atoms with E-state index in [9.17, 15) is 9.59 Å². The molecule has 0 aliphatic heterocycles. The molecule has 1 heterocycles. The molecule has 0 unspecified atom stereocenters. The Morgan fingerprint density at radius 3 is 2.82 bits per heavy atom. The van der Waals surface area contributed by atoms with Gasteiger partial charge >= 0.3 is 5.97 Å². The Morgan fingerprint density at radius 2 is 2.18 bits per heavy atom. The third-order valence-electron chi connectivity index (χ3n) is 2.91. The Labute approximate surface area is 136 Å². The average molecular weight is 342 g/mol. The summed E-state index contributed by atoms with van der Waals surface area (Å²) in [6, 6.07) is 5.26. The zero-order chi connectivity index (χ0) is 16.1. The van der Waals surface area contributed by atoms with E-state index in [1.54, 1.807) is 12.1 Å². The standard InChI is InChI=1S/C14H13Cl2N3O3/c1-22-13(21)10-7-18-14(19-12(10)20)17-5-4-8-2-3-9(15)6-11(8)16/h2-3,6-7H,4-5H2,1H3,(H2,17,18,19,20). The largest absolute Gasteiger partial charge is 0.465 e. The number of ether oxygens (including phenoxy) is 1. The third-order valence-corrected chi connectivity index (χ3v) is 3.49. The first-order valence-corrected chi connectivity index (χ1v) is 7.12. The van der Waals surface area contributed by atoms with Crippen LogP contribution in [0.2, 0.25) is 10.0 Å². The Morgan fingerprint density at radius 1 is 1.41 bits per heavy atom. The van der Waals surface area contributed by atoms with Gasteiger partial charge in [-0.25, -0.2) is 9.78 Å². The fourth-order valence-electron chi connectivity index (χ4n) is 1.78. The summed E-state index contributed by atoms with van der Waals surface area (Å²) in [4.78, 5) is 29.4. The predicted octanol–water partition coefficient (Wildman–Crippen LogP) is 2.52. The lowest BCUT2D eigenvalue weighted by Crippen LogP contribution is -2.21. The molecule has 0 bridgehead atoms. The van der Waals surface area contributed by atoms with Crippen molar-refractivity contribution in [3.05, 3.63) is 55.9 Å². The van der Waals surface area contributed by atoms with Crippen LogP contribution in [0, 0.1) is 0 Å². The van der Waals surface area contributed by atoms with Gasteiger partial charge in [0.05, 0.1) is 13.3 Å². The number of carbonyl (C=O) groups is 1. The number of aromatic amines is 1. The Bertz CT molecular complexity index is 746. The van der Waals surface area contributed by atoms with E-state index in [4.69, 9.17) is 23.2 Å². The molecule has 2 aromatic rings. The van der Waals surface area contributed by atoms with Crippen LogP contribution in [0.3, 0.4) is 0 Å². The number of halogens is 2. The van der Waals surface area contributed by atoms with E-state index in [2.05, 4.69) is 20.0 Å². The van der Waals surface area contributed by atoms with Crippen LogP contribution in [0.1, 0.15) is 15.9 Å². The van der Waals surface area contributed by atoms with Crippen LogP contribution in [-0.4, -0.2) is 29.6 Å². The zero-order valence-corrected chi connectivity index (χ0v) is 13.2. The van der Waals surface area contributed by atoms with Gasteiger partial charge in [-0.1, -0.05) is 29.3 Å². The molecule has 2 rings (SSSR count). The summed E-state index contributed by atoms with van der Waals surface area (Å²) < 4.78 is 4.47. The van der Waals surface area contributed by atoms with E-state index in [1.165, 1.54) is 13.3 Å². The number of nitrogens with one attached hydrogen (secondary N) is 2. The van der Waals surface area contributed by atoms with E-state index in [1.807, 2.05) is 6.07 Å². The first kappa shape index (κ1) is 16.3. The van der Waals surface area contributed by atoms with Gasteiger partial charge in [0.15, 0.2) is 0 Å². The van der Waals surface area contributed by atoms with Crippen LogP contribution < -0.4 is 10.9 Å². The molecule has 0 radical (unpaired) electrons. The third kappa shape index (κ3) is 3.99. The summed E-state index contributed by atoms with van der Waals surface area (Å²) in [5.41, 5.74) is 0.217. The van der Waals surface area contributed by atoms with Gasteiger partial charge in [-0.2, -0.15) is 0 Å². The molecule has 0 spiro atoms. The lowest BCUT2D eigenvalue weighted by molar-refractivity contribution is 0.0598. The normalized spacial score (nSPS) is 10.3.